The van der Waals surface area contributed by atoms with Gasteiger partial charge in [-0.15, -0.1) is 0 Å². The Balaban J connectivity index is 0.000000241. The van der Waals surface area contributed by atoms with Gasteiger partial charge in [-0.1, -0.05) is 0 Å². The van der Waals surface area contributed by atoms with Gasteiger partial charge in [-0.05, 0) is 19.3 Å². The van der Waals surface area contributed by atoms with Crippen molar-refractivity contribution in [3.8, 4) is 0 Å². The van der Waals surface area contributed by atoms with Crippen molar-refractivity contribution in [1.82, 2.24) is 0 Å². The fourth-order valence-electron chi connectivity index (χ4n) is 0.959. The second kappa shape index (κ2) is 5.14. The second-order valence-electron chi connectivity index (χ2n) is 2.97. The number of carboxylic acids is 1. The van der Waals surface area contributed by atoms with Crippen LogP contribution in [0.3, 0.4) is 0 Å². The van der Waals surface area contributed by atoms with Gasteiger partial charge < -0.3 is 10.8 Å². The monoisotopic (exact) mass is 217 g/mol. The van der Waals surface area contributed by atoms with E-state index in [1.165, 1.54) is 0 Å². The Bertz CT molecular complexity index is 187. The molecule has 0 aliphatic heterocycles. The van der Waals surface area contributed by atoms with Gasteiger partial charge in [-0.25, -0.2) is 9.18 Å². The highest BCUT2D eigenvalue weighted by Crippen LogP contribution is 2.19. The van der Waals surface area contributed by atoms with Crippen LogP contribution in [0, 0.1) is 0 Å². The second-order valence-corrected chi connectivity index (χ2v) is 2.97. The average Bonchev–Trinajstić information content (AvgIpc) is 2.33. The summed E-state index contributed by atoms with van der Waals surface area (Å²) < 4.78 is 43.8. The molecular weight excluding hydrogens is 206 g/mol. The Hall–Kier alpha value is -0.850. The van der Waals surface area contributed by atoms with E-state index < -0.39 is 18.3 Å². The molecule has 1 fully saturated rings. The molecule has 2 atom stereocenters. The lowest BCUT2D eigenvalue weighted by molar-refractivity contribution is -0.192. The van der Waals surface area contributed by atoms with Crippen molar-refractivity contribution in [2.75, 3.05) is 0 Å². The number of hydrogen-bond donors (Lipinski definition) is 2. The number of hydrogen-bond acceptors (Lipinski definition) is 2. The number of nitrogens with two attached hydrogens (primary N) is 1. The molecular formula is C7H11F4NO2. The average molecular weight is 217 g/mol. The van der Waals surface area contributed by atoms with Crippen molar-refractivity contribution in [3.63, 3.8) is 0 Å². The maximum absolute atomic E-state index is 12.1. The molecule has 0 aromatic rings. The van der Waals surface area contributed by atoms with Gasteiger partial charge in [0.1, 0.15) is 6.17 Å². The number of aliphatic carboxylic acids is 1. The minimum absolute atomic E-state index is 0.148. The van der Waals surface area contributed by atoms with Crippen molar-refractivity contribution in [2.24, 2.45) is 5.73 Å². The predicted molar refractivity (Wildman–Crippen MR) is 40.4 cm³/mol. The Morgan fingerprint density at radius 1 is 1.36 bits per heavy atom. The Morgan fingerprint density at radius 2 is 1.79 bits per heavy atom. The lowest BCUT2D eigenvalue weighted by Crippen LogP contribution is -2.21. The van der Waals surface area contributed by atoms with Crippen LogP contribution in [0.2, 0.25) is 0 Å². The van der Waals surface area contributed by atoms with Gasteiger partial charge >= 0.3 is 12.1 Å². The molecule has 0 aromatic carbocycles. The topological polar surface area (TPSA) is 63.3 Å². The Labute approximate surface area is 77.9 Å². The van der Waals surface area contributed by atoms with Gasteiger partial charge in [0.25, 0.3) is 0 Å². The van der Waals surface area contributed by atoms with Crippen LogP contribution < -0.4 is 5.73 Å². The van der Waals surface area contributed by atoms with E-state index in [9.17, 15) is 17.6 Å². The number of alkyl halides is 4. The summed E-state index contributed by atoms with van der Waals surface area (Å²) in [6, 6.07) is 0.148. The third-order valence-corrected chi connectivity index (χ3v) is 1.65. The fraction of sp³-hybridized carbons (Fsp3) is 0.857. The largest absolute Gasteiger partial charge is 0.490 e. The van der Waals surface area contributed by atoms with Crippen LogP contribution in [0.4, 0.5) is 17.6 Å². The molecule has 1 aliphatic carbocycles. The van der Waals surface area contributed by atoms with E-state index in [1.807, 2.05) is 0 Å². The SMILES string of the molecule is N[C@@H]1CC[C@H](F)C1.O=C(O)C(F)(F)F. The molecule has 84 valence electrons. The normalized spacial score (nSPS) is 26.6. The summed E-state index contributed by atoms with van der Waals surface area (Å²) in [6.07, 6.45) is -3.54. The minimum Gasteiger partial charge on any atom is -0.475 e. The lowest BCUT2D eigenvalue weighted by atomic mass is 10.3. The molecule has 0 amide bonds. The first-order chi connectivity index (χ1) is 6.23. The van der Waals surface area contributed by atoms with Crippen molar-refractivity contribution in [1.29, 1.82) is 0 Å². The van der Waals surface area contributed by atoms with Gasteiger partial charge in [0.15, 0.2) is 0 Å². The zero-order valence-corrected chi connectivity index (χ0v) is 7.22. The number of carbonyl (C=O) groups is 1. The number of halogens is 4. The van der Waals surface area contributed by atoms with E-state index in [0.717, 1.165) is 6.42 Å². The molecule has 1 aliphatic rings. The van der Waals surface area contributed by atoms with Gasteiger partial charge in [0.2, 0.25) is 0 Å². The van der Waals surface area contributed by atoms with E-state index in [2.05, 4.69) is 0 Å². The van der Waals surface area contributed by atoms with E-state index in [0.29, 0.717) is 12.8 Å². The molecule has 0 unspecified atom stereocenters. The summed E-state index contributed by atoms with van der Waals surface area (Å²) in [6.45, 7) is 0. The molecule has 0 bridgehead atoms. The van der Waals surface area contributed by atoms with Crippen LogP contribution in [0.15, 0.2) is 0 Å². The Kier molecular flexibility index (Phi) is 4.82. The smallest absolute Gasteiger partial charge is 0.475 e. The van der Waals surface area contributed by atoms with E-state index >= 15 is 0 Å². The first-order valence-electron chi connectivity index (χ1n) is 3.93. The highest BCUT2D eigenvalue weighted by atomic mass is 19.4. The maximum atomic E-state index is 12.1. The number of carboxylic acid groups (broad SMARTS) is 1. The number of rotatable bonds is 0. The Morgan fingerprint density at radius 3 is 1.86 bits per heavy atom. The van der Waals surface area contributed by atoms with Gasteiger partial charge in [0.05, 0.1) is 0 Å². The van der Waals surface area contributed by atoms with Crippen molar-refractivity contribution >= 4 is 5.97 Å². The van der Waals surface area contributed by atoms with Crippen LogP contribution in [0.1, 0.15) is 19.3 Å². The van der Waals surface area contributed by atoms with Gasteiger partial charge in [0, 0.05) is 6.04 Å². The van der Waals surface area contributed by atoms with Gasteiger partial charge in [-0.3, -0.25) is 0 Å². The molecule has 1 saturated carbocycles. The molecule has 7 heteroatoms. The molecule has 14 heavy (non-hydrogen) atoms. The van der Waals surface area contributed by atoms with E-state index in [1.54, 1.807) is 0 Å². The summed E-state index contributed by atoms with van der Waals surface area (Å²) >= 11 is 0. The third kappa shape index (κ3) is 5.74. The molecule has 0 aromatic heterocycles. The van der Waals surface area contributed by atoms with Crippen molar-refractivity contribution in [3.05, 3.63) is 0 Å². The first-order valence-corrected chi connectivity index (χ1v) is 3.93. The molecule has 1 rings (SSSR count). The van der Waals surface area contributed by atoms with Crippen molar-refractivity contribution in [2.45, 2.75) is 37.7 Å². The highest BCUT2D eigenvalue weighted by molar-refractivity contribution is 5.73. The molecule has 0 heterocycles. The van der Waals surface area contributed by atoms with Crippen LogP contribution >= 0.6 is 0 Å². The van der Waals surface area contributed by atoms with Gasteiger partial charge in [-0.2, -0.15) is 13.2 Å². The highest BCUT2D eigenvalue weighted by Gasteiger charge is 2.38. The fourth-order valence-corrected chi connectivity index (χ4v) is 0.959. The zero-order valence-electron chi connectivity index (χ0n) is 7.22. The summed E-state index contributed by atoms with van der Waals surface area (Å²) in [5.74, 6) is -2.76. The molecule has 0 saturated heterocycles. The van der Waals surface area contributed by atoms with E-state index in [4.69, 9.17) is 15.6 Å². The molecule has 3 nitrogen and oxygen atoms in total. The summed E-state index contributed by atoms with van der Waals surface area (Å²) in [5, 5.41) is 7.12. The molecule has 3 N–H and O–H groups in total. The minimum atomic E-state index is -5.08. The quantitative estimate of drug-likeness (QED) is 0.604. The summed E-state index contributed by atoms with van der Waals surface area (Å²) in [5.41, 5.74) is 5.39. The van der Waals surface area contributed by atoms with Crippen LogP contribution in [-0.2, 0) is 4.79 Å². The maximum Gasteiger partial charge on any atom is 0.490 e. The first kappa shape index (κ1) is 13.2. The lowest BCUT2D eigenvalue weighted by Gasteiger charge is -1.94. The van der Waals surface area contributed by atoms with Crippen LogP contribution in [-0.4, -0.2) is 29.5 Å². The van der Waals surface area contributed by atoms with E-state index in [-0.39, 0.29) is 6.04 Å². The molecule has 0 radical (unpaired) electrons. The standard InChI is InChI=1S/C5H10FN.C2HF3O2/c6-4-1-2-5(7)3-4;3-2(4,5)1(6)7/h4-5H,1-3,7H2;(H,6,7)/t4-,5+;/m0./s1. The third-order valence-electron chi connectivity index (χ3n) is 1.65. The zero-order chi connectivity index (χ0) is 11.4. The summed E-state index contributed by atoms with van der Waals surface area (Å²) in [4.78, 5) is 8.90. The van der Waals surface area contributed by atoms with Crippen molar-refractivity contribution < 1.29 is 27.5 Å². The summed E-state index contributed by atoms with van der Waals surface area (Å²) in [7, 11) is 0. The predicted octanol–water partition coefficient (Wildman–Crippen LogP) is 1.47. The van der Waals surface area contributed by atoms with Crippen LogP contribution in [0.5, 0.6) is 0 Å². The van der Waals surface area contributed by atoms with Crippen LogP contribution in [0.25, 0.3) is 0 Å². The molecule has 0 spiro atoms.